The Kier molecular flexibility index (Phi) is 7.99. The van der Waals surface area contributed by atoms with Crippen LogP contribution in [0, 0.1) is 12.8 Å². The molecular formula is C16H28Cl2N4O2. The molecule has 8 heteroatoms. The van der Waals surface area contributed by atoms with E-state index < -0.39 is 5.54 Å². The standard InChI is InChI=1S/C16H26N4O2.2ClH/c1-13-10-18-20(11-13)12-14-2-6-19(7-3-14)15(21)16(17)4-8-22-9-5-16;;/h10-11,14H,2-9,12,17H2,1H3;2*1H. The number of carbonyl (C=O) groups is 1. The Morgan fingerprint density at radius 2 is 1.96 bits per heavy atom. The largest absolute Gasteiger partial charge is 0.381 e. The normalized spacial score (nSPS) is 20.8. The van der Waals surface area contributed by atoms with Gasteiger partial charge < -0.3 is 15.4 Å². The summed E-state index contributed by atoms with van der Waals surface area (Å²) in [5.74, 6) is 0.705. The number of hydrogen-bond donors (Lipinski definition) is 1. The maximum absolute atomic E-state index is 12.7. The fraction of sp³-hybridized carbons (Fsp3) is 0.750. The highest BCUT2D eigenvalue weighted by Gasteiger charge is 2.39. The predicted molar refractivity (Wildman–Crippen MR) is 97.7 cm³/mol. The van der Waals surface area contributed by atoms with Crippen LogP contribution in [-0.2, 0) is 16.1 Å². The molecule has 0 radical (unpaired) electrons. The van der Waals surface area contributed by atoms with E-state index in [0.29, 0.717) is 32.0 Å². The van der Waals surface area contributed by atoms with E-state index in [9.17, 15) is 4.79 Å². The lowest BCUT2D eigenvalue weighted by atomic mass is 9.88. The average Bonchev–Trinajstić information content (AvgIpc) is 2.93. The maximum Gasteiger partial charge on any atom is 0.242 e. The summed E-state index contributed by atoms with van der Waals surface area (Å²) in [7, 11) is 0. The van der Waals surface area contributed by atoms with Crippen molar-refractivity contribution in [2.45, 2.75) is 44.7 Å². The van der Waals surface area contributed by atoms with Gasteiger partial charge in [0.2, 0.25) is 5.91 Å². The molecular weight excluding hydrogens is 351 g/mol. The molecule has 138 valence electrons. The van der Waals surface area contributed by atoms with Crippen molar-refractivity contribution in [2.24, 2.45) is 11.7 Å². The first-order valence-electron chi connectivity index (χ1n) is 8.22. The molecule has 2 aliphatic rings. The number of likely N-dealkylation sites (tertiary alicyclic amines) is 1. The molecule has 1 amide bonds. The van der Waals surface area contributed by atoms with E-state index in [-0.39, 0.29) is 30.7 Å². The van der Waals surface area contributed by atoms with Crippen LogP contribution in [0.5, 0.6) is 0 Å². The topological polar surface area (TPSA) is 73.4 Å². The molecule has 0 atom stereocenters. The minimum absolute atomic E-state index is 0. The van der Waals surface area contributed by atoms with Crippen molar-refractivity contribution >= 4 is 30.7 Å². The first-order valence-corrected chi connectivity index (χ1v) is 8.22. The highest BCUT2D eigenvalue weighted by Crippen LogP contribution is 2.25. The highest BCUT2D eigenvalue weighted by molar-refractivity contribution is 5.86. The number of nitrogens with two attached hydrogens (primary N) is 1. The van der Waals surface area contributed by atoms with Crippen molar-refractivity contribution in [1.82, 2.24) is 14.7 Å². The highest BCUT2D eigenvalue weighted by atomic mass is 35.5. The molecule has 24 heavy (non-hydrogen) atoms. The molecule has 0 saturated carbocycles. The first kappa shape index (κ1) is 21.2. The third-order valence-electron chi connectivity index (χ3n) is 4.92. The summed E-state index contributed by atoms with van der Waals surface area (Å²) in [5, 5.41) is 4.35. The van der Waals surface area contributed by atoms with Crippen LogP contribution in [0.25, 0.3) is 0 Å². The molecule has 3 rings (SSSR count). The zero-order chi connectivity index (χ0) is 15.6. The number of hydrogen-bond acceptors (Lipinski definition) is 4. The molecule has 1 aromatic rings. The molecule has 1 aromatic heterocycles. The van der Waals surface area contributed by atoms with Gasteiger partial charge in [-0.05, 0) is 44.1 Å². The second kappa shape index (κ2) is 9.04. The van der Waals surface area contributed by atoms with E-state index in [1.165, 1.54) is 5.56 Å². The third kappa shape index (κ3) is 4.85. The van der Waals surface area contributed by atoms with E-state index >= 15 is 0 Å². The van der Waals surface area contributed by atoms with Gasteiger partial charge in [0.1, 0.15) is 0 Å². The number of rotatable bonds is 3. The smallest absolute Gasteiger partial charge is 0.242 e. The van der Waals surface area contributed by atoms with Crippen LogP contribution in [0.1, 0.15) is 31.2 Å². The summed E-state index contributed by atoms with van der Waals surface area (Å²) in [5.41, 5.74) is 6.80. The Hall–Kier alpha value is -0.820. The fourth-order valence-corrected chi connectivity index (χ4v) is 3.41. The summed E-state index contributed by atoms with van der Waals surface area (Å²) in [6, 6.07) is 0. The Morgan fingerprint density at radius 3 is 2.50 bits per heavy atom. The van der Waals surface area contributed by atoms with E-state index in [1.54, 1.807) is 0 Å². The van der Waals surface area contributed by atoms with Crippen LogP contribution in [0.2, 0.25) is 0 Å². The number of carbonyl (C=O) groups excluding carboxylic acids is 1. The van der Waals surface area contributed by atoms with Crippen molar-refractivity contribution < 1.29 is 9.53 Å². The van der Waals surface area contributed by atoms with Crippen molar-refractivity contribution in [3.8, 4) is 0 Å². The molecule has 2 saturated heterocycles. The first-order chi connectivity index (χ1) is 10.6. The van der Waals surface area contributed by atoms with E-state index in [2.05, 4.69) is 18.2 Å². The van der Waals surface area contributed by atoms with Gasteiger partial charge in [0.05, 0.1) is 11.7 Å². The summed E-state index contributed by atoms with van der Waals surface area (Å²) in [6.07, 6.45) is 7.29. The van der Waals surface area contributed by atoms with Crippen LogP contribution in [0.3, 0.4) is 0 Å². The Labute approximate surface area is 155 Å². The predicted octanol–water partition coefficient (Wildman–Crippen LogP) is 1.78. The van der Waals surface area contributed by atoms with Gasteiger partial charge in [-0.3, -0.25) is 9.48 Å². The number of amides is 1. The summed E-state index contributed by atoms with van der Waals surface area (Å²) >= 11 is 0. The van der Waals surface area contributed by atoms with Crippen molar-refractivity contribution in [2.75, 3.05) is 26.3 Å². The number of aromatic nitrogens is 2. The summed E-state index contributed by atoms with van der Waals surface area (Å²) in [6.45, 7) is 5.80. The Bertz CT molecular complexity index is 524. The lowest BCUT2D eigenvalue weighted by molar-refractivity contribution is -0.142. The van der Waals surface area contributed by atoms with Gasteiger partial charge in [0.25, 0.3) is 0 Å². The number of piperidine rings is 1. The van der Waals surface area contributed by atoms with Crippen LogP contribution in [0.4, 0.5) is 0 Å². The van der Waals surface area contributed by atoms with Crippen molar-refractivity contribution in [3.05, 3.63) is 18.0 Å². The minimum Gasteiger partial charge on any atom is -0.381 e. The lowest BCUT2D eigenvalue weighted by Crippen LogP contribution is -2.59. The lowest BCUT2D eigenvalue weighted by Gasteiger charge is -2.39. The zero-order valence-corrected chi connectivity index (χ0v) is 15.8. The molecule has 0 aliphatic carbocycles. The molecule has 2 N–H and O–H groups in total. The molecule has 0 aromatic carbocycles. The zero-order valence-electron chi connectivity index (χ0n) is 14.1. The molecule has 2 aliphatic heterocycles. The molecule has 3 heterocycles. The molecule has 2 fully saturated rings. The van der Waals surface area contributed by atoms with E-state index in [0.717, 1.165) is 32.5 Å². The third-order valence-corrected chi connectivity index (χ3v) is 4.92. The van der Waals surface area contributed by atoms with E-state index in [1.807, 2.05) is 15.8 Å². The molecule has 0 bridgehead atoms. The van der Waals surface area contributed by atoms with Gasteiger partial charge in [-0.25, -0.2) is 0 Å². The quantitative estimate of drug-likeness (QED) is 0.869. The minimum atomic E-state index is -0.704. The van der Waals surface area contributed by atoms with Gasteiger partial charge in [0, 0.05) is 39.0 Å². The van der Waals surface area contributed by atoms with E-state index in [4.69, 9.17) is 10.5 Å². The van der Waals surface area contributed by atoms with Crippen LogP contribution >= 0.6 is 24.8 Å². The van der Waals surface area contributed by atoms with Gasteiger partial charge in [-0.2, -0.15) is 5.10 Å². The number of ether oxygens (including phenoxy) is 1. The molecule has 6 nitrogen and oxygen atoms in total. The number of halogens is 2. The maximum atomic E-state index is 12.7. The average molecular weight is 379 g/mol. The van der Waals surface area contributed by atoms with Gasteiger partial charge in [0.15, 0.2) is 0 Å². The summed E-state index contributed by atoms with van der Waals surface area (Å²) in [4.78, 5) is 14.6. The summed E-state index contributed by atoms with van der Waals surface area (Å²) < 4.78 is 7.34. The monoisotopic (exact) mass is 378 g/mol. The van der Waals surface area contributed by atoms with Gasteiger partial charge in [-0.1, -0.05) is 0 Å². The van der Waals surface area contributed by atoms with Crippen LogP contribution < -0.4 is 5.73 Å². The second-order valence-corrected chi connectivity index (χ2v) is 6.74. The van der Waals surface area contributed by atoms with Crippen LogP contribution in [-0.4, -0.2) is 52.4 Å². The van der Waals surface area contributed by atoms with Gasteiger partial charge >= 0.3 is 0 Å². The molecule has 0 unspecified atom stereocenters. The number of aryl methyl sites for hydroxylation is 1. The van der Waals surface area contributed by atoms with Crippen molar-refractivity contribution in [3.63, 3.8) is 0 Å². The SMILES string of the molecule is Cc1cnn(CC2CCN(C(=O)C3(N)CCOCC3)CC2)c1.Cl.Cl. The second-order valence-electron chi connectivity index (χ2n) is 6.74. The Morgan fingerprint density at radius 1 is 1.33 bits per heavy atom. The molecule has 0 spiro atoms. The van der Waals surface area contributed by atoms with Crippen molar-refractivity contribution in [1.29, 1.82) is 0 Å². The fourth-order valence-electron chi connectivity index (χ4n) is 3.41. The number of nitrogens with zero attached hydrogens (tertiary/aromatic N) is 3. The van der Waals surface area contributed by atoms with Gasteiger partial charge in [-0.15, -0.1) is 24.8 Å². The van der Waals surface area contributed by atoms with Crippen LogP contribution in [0.15, 0.2) is 12.4 Å². The Balaban J connectivity index is 0.00000144.